The summed E-state index contributed by atoms with van der Waals surface area (Å²) in [7, 11) is 1.75. The van der Waals surface area contributed by atoms with Gasteiger partial charge >= 0.3 is 0 Å². The third kappa shape index (κ3) is 2.96. The van der Waals surface area contributed by atoms with E-state index in [0.29, 0.717) is 5.92 Å². The molecule has 108 valence electrons. The maximum atomic E-state index is 5.76. The van der Waals surface area contributed by atoms with Gasteiger partial charge in [0.15, 0.2) is 11.5 Å². The Morgan fingerprint density at radius 2 is 2.20 bits per heavy atom. The molecule has 2 aromatic rings. The molecule has 4 heteroatoms. The van der Waals surface area contributed by atoms with Crippen LogP contribution in [-0.2, 0) is 4.74 Å². The average Bonchev–Trinajstić information content (AvgIpc) is 3.18. The van der Waals surface area contributed by atoms with Gasteiger partial charge in [0, 0.05) is 25.3 Å². The number of methoxy groups -OCH3 is 1. The molecule has 0 bridgehead atoms. The monoisotopic (exact) mass is 274 g/mol. The molecular formula is C16H22N2O2. The van der Waals surface area contributed by atoms with Crippen molar-refractivity contribution in [2.75, 3.05) is 19.0 Å². The molecule has 1 heterocycles. The molecule has 1 saturated carbocycles. The molecule has 1 aliphatic rings. The third-order valence-electron chi connectivity index (χ3n) is 3.94. The highest BCUT2D eigenvalue weighted by atomic mass is 16.5. The molecule has 1 aromatic heterocycles. The van der Waals surface area contributed by atoms with Crippen molar-refractivity contribution < 1.29 is 9.15 Å². The molecule has 0 amide bonds. The van der Waals surface area contributed by atoms with E-state index in [1.165, 1.54) is 12.8 Å². The highest BCUT2D eigenvalue weighted by Crippen LogP contribution is 2.40. The van der Waals surface area contributed by atoms with Crippen molar-refractivity contribution in [1.82, 2.24) is 4.98 Å². The van der Waals surface area contributed by atoms with Crippen molar-refractivity contribution in [3.63, 3.8) is 0 Å². The van der Waals surface area contributed by atoms with Gasteiger partial charge in [-0.25, -0.2) is 4.98 Å². The van der Waals surface area contributed by atoms with Gasteiger partial charge in [0.25, 0.3) is 0 Å². The fourth-order valence-electron chi connectivity index (χ4n) is 2.17. The quantitative estimate of drug-likeness (QED) is 0.867. The van der Waals surface area contributed by atoms with Crippen molar-refractivity contribution >= 4 is 16.8 Å². The number of aromatic nitrogens is 1. The first-order valence-corrected chi connectivity index (χ1v) is 7.27. The molecule has 0 saturated heterocycles. The second kappa shape index (κ2) is 5.09. The predicted molar refractivity (Wildman–Crippen MR) is 80.2 cm³/mol. The number of nitrogens with one attached hydrogen (secondary N) is 1. The molecule has 1 aromatic carbocycles. The summed E-state index contributed by atoms with van der Waals surface area (Å²) in [5.74, 6) is 1.46. The minimum Gasteiger partial charge on any atom is -0.440 e. The van der Waals surface area contributed by atoms with E-state index in [4.69, 9.17) is 9.15 Å². The molecule has 3 rings (SSSR count). The molecular weight excluding hydrogens is 252 g/mol. The minimum atomic E-state index is -0.0931. The highest BCUT2D eigenvalue weighted by molar-refractivity contribution is 5.77. The standard InChI is InChI=1S/C16H22N2O2/c1-16(2,19-3)8-9-17-12-6-7-14-13(10-12)18-15(20-14)11-4-5-11/h6-7,10-11,17H,4-5,8-9H2,1-3H3. The number of hydrogen-bond acceptors (Lipinski definition) is 4. The predicted octanol–water partition coefficient (Wildman–Crippen LogP) is 3.93. The van der Waals surface area contributed by atoms with E-state index in [0.717, 1.165) is 35.6 Å². The van der Waals surface area contributed by atoms with Crippen LogP contribution in [0.3, 0.4) is 0 Å². The van der Waals surface area contributed by atoms with Gasteiger partial charge in [-0.3, -0.25) is 0 Å². The zero-order valence-corrected chi connectivity index (χ0v) is 12.4. The van der Waals surface area contributed by atoms with Crippen LogP contribution in [0, 0.1) is 0 Å². The molecule has 4 nitrogen and oxygen atoms in total. The number of nitrogens with zero attached hydrogens (tertiary/aromatic N) is 1. The Balaban J connectivity index is 1.66. The van der Waals surface area contributed by atoms with Crippen LogP contribution in [0.1, 0.15) is 44.9 Å². The number of ether oxygens (including phenoxy) is 1. The second-order valence-corrected chi connectivity index (χ2v) is 6.15. The fourth-order valence-corrected chi connectivity index (χ4v) is 2.17. The summed E-state index contributed by atoms with van der Waals surface area (Å²) >= 11 is 0. The van der Waals surface area contributed by atoms with E-state index >= 15 is 0 Å². The lowest BCUT2D eigenvalue weighted by molar-refractivity contribution is 0.0185. The third-order valence-corrected chi connectivity index (χ3v) is 3.94. The summed E-state index contributed by atoms with van der Waals surface area (Å²) < 4.78 is 11.2. The Bertz CT molecular complexity index is 600. The Kier molecular flexibility index (Phi) is 3.42. The van der Waals surface area contributed by atoms with Crippen LogP contribution in [-0.4, -0.2) is 24.2 Å². The minimum absolute atomic E-state index is 0.0931. The SMILES string of the molecule is COC(C)(C)CCNc1ccc2oc(C3CC3)nc2c1. The van der Waals surface area contributed by atoms with Crippen LogP contribution in [0.4, 0.5) is 5.69 Å². The van der Waals surface area contributed by atoms with Crippen LogP contribution in [0.25, 0.3) is 11.1 Å². The summed E-state index contributed by atoms with van der Waals surface area (Å²) in [6.45, 7) is 5.06. The Morgan fingerprint density at radius 3 is 2.90 bits per heavy atom. The fraction of sp³-hybridized carbons (Fsp3) is 0.562. The van der Waals surface area contributed by atoms with Gasteiger partial charge in [0.1, 0.15) is 5.52 Å². The number of benzene rings is 1. The van der Waals surface area contributed by atoms with Crippen LogP contribution < -0.4 is 5.32 Å². The summed E-state index contributed by atoms with van der Waals surface area (Å²) in [6, 6.07) is 6.10. The van der Waals surface area contributed by atoms with Crippen LogP contribution in [0.5, 0.6) is 0 Å². The molecule has 20 heavy (non-hydrogen) atoms. The number of oxazole rings is 1. The molecule has 0 aliphatic heterocycles. The number of fused-ring (bicyclic) bond motifs is 1. The number of rotatable bonds is 6. The van der Waals surface area contributed by atoms with Crippen LogP contribution in [0.2, 0.25) is 0 Å². The summed E-state index contributed by atoms with van der Waals surface area (Å²) in [5, 5.41) is 3.42. The number of anilines is 1. The van der Waals surface area contributed by atoms with Crippen molar-refractivity contribution in [2.45, 2.75) is 44.6 Å². The van der Waals surface area contributed by atoms with Crippen LogP contribution in [0.15, 0.2) is 22.6 Å². The first kappa shape index (κ1) is 13.4. The van der Waals surface area contributed by atoms with Gasteiger partial charge < -0.3 is 14.5 Å². The molecule has 1 fully saturated rings. The first-order chi connectivity index (χ1) is 9.57. The van der Waals surface area contributed by atoms with Crippen molar-refractivity contribution in [2.24, 2.45) is 0 Å². The van der Waals surface area contributed by atoms with Gasteiger partial charge in [-0.05, 0) is 51.3 Å². The lowest BCUT2D eigenvalue weighted by atomic mass is 10.1. The Morgan fingerprint density at radius 1 is 1.40 bits per heavy atom. The summed E-state index contributed by atoms with van der Waals surface area (Å²) in [4.78, 5) is 4.58. The second-order valence-electron chi connectivity index (χ2n) is 6.15. The van der Waals surface area contributed by atoms with E-state index in [9.17, 15) is 0 Å². The smallest absolute Gasteiger partial charge is 0.198 e. The van der Waals surface area contributed by atoms with Gasteiger partial charge in [0.2, 0.25) is 0 Å². The molecule has 1 aliphatic carbocycles. The zero-order valence-electron chi connectivity index (χ0n) is 12.4. The van der Waals surface area contributed by atoms with E-state index in [2.05, 4.69) is 30.2 Å². The maximum absolute atomic E-state index is 5.76. The topological polar surface area (TPSA) is 47.3 Å². The Labute approximate surface area is 119 Å². The van der Waals surface area contributed by atoms with E-state index in [-0.39, 0.29) is 5.60 Å². The Hall–Kier alpha value is -1.55. The molecule has 0 radical (unpaired) electrons. The average molecular weight is 274 g/mol. The number of hydrogen-bond donors (Lipinski definition) is 1. The van der Waals surface area contributed by atoms with Crippen LogP contribution >= 0.6 is 0 Å². The molecule has 0 unspecified atom stereocenters. The molecule has 1 N–H and O–H groups in total. The van der Waals surface area contributed by atoms with E-state index in [1.807, 2.05) is 12.1 Å². The van der Waals surface area contributed by atoms with E-state index < -0.39 is 0 Å². The van der Waals surface area contributed by atoms with Crippen molar-refractivity contribution in [1.29, 1.82) is 0 Å². The van der Waals surface area contributed by atoms with Gasteiger partial charge in [-0.15, -0.1) is 0 Å². The highest BCUT2D eigenvalue weighted by Gasteiger charge is 2.28. The molecule has 0 atom stereocenters. The van der Waals surface area contributed by atoms with E-state index in [1.54, 1.807) is 7.11 Å². The van der Waals surface area contributed by atoms with Crippen molar-refractivity contribution in [3.05, 3.63) is 24.1 Å². The first-order valence-electron chi connectivity index (χ1n) is 7.27. The zero-order chi connectivity index (χ0) is 14.2. The lowest BCUT2D eigenvalue weighted by Gasteiger charge is -2.23. The normalized spacial score (nSPS) is 15.8. The van der Waals surface area contributed by atoms with Gasteiger partial charge in [0.05, 0.1) is 5.60 Å². The molecule has 0 spiro atoms. The maximum Gasteiger partial charge on any atom is 0.198 e. The summed E-state index contributed by atoms with van der Waals surface area (Å²) in [6.07, 6.45) is 3.38. The lowest BCUT2D eigenvalue weighted by Crippen LogP contribution is -2.25. The largest absolute Gasteiger partial charge is 0.440 e. The van der Waals surface area contributed by atoms with Crippen molar-refractivity contribution in [3.8, 4) is 0 Å². The van der Waals surface area contributed by atoms with Gasteiger partial charge in [-0.2, -0.15) is 0 Å². The van der Waals surface area contributed by atoms with Gasteiger partial charge in [-0.1, -0.05) is 0 Å². The summed E-state index contributed by atoms with van der Waals surface area (Å²) in [5.41, 5.74) is 2.82.